The molecule has 6 nitrogen and oxygen atoms in total. The molecule has 2 aliphatic rings. The molecule has 27 heavy (non-hydrogen) atoms. The van der Waals surface area contributed by atoms with Crippen molar-refractivity contribution in [2.24, 2.45) is 5.92 Å². The zero-order valence-corrected chi connectivity index (χ0v) is 15.7. The highest BCUT2D eigenvalue weighted by Crippen LogP contribution is 2.31. The van der Waals surface area contributed by atoms with E-state index in [1.54, 1.807) is 0 Å². The lowest BCUT2D eigenvalue weighted by Crippen LogP contribution is -2.73. The van der Waals surface area contributed by atoms with Crippen LogP contribution in [0.5, 0.6) is 0 Å². The highest BCUT2D eigenvalue weighted by Gasteiger charge is 2.63. The minimum Gasteiger partial charge on any atom is -0.466 e. The maximum Gasteiger partial charge on any atom is 0.436 e. The number of hydrogen-bond donors (Lipinski definition) is 2. The number of nitrogens with one attached hydrogen (secondary N) is 2. The minimum absolute atomic E-state index is 0.0545. The quantitative estimate of drug-likeness (QED) is 0.489. The number of carbonyl (C=O) groups is 2. The summed E-state index contributed by atoms with van der Waals surface area (Å²) in [7, 11) is 0.866. The van der Waals surface area contributed by atoms with Gasteiger partial charge in [-0.3, -0.25) is 10.1 Å². The van der Waals surface area contributed by atoms with Crippen LogP contribution in [0.1, 0.15) is 57.8 Å². The van der Waals surface area contributed by atoms with Gasteiger partial charge in [-0.25, -0.2) is 4.79 Å². The highest BCUT2D eigenvalue weighted by atomic mass is 19.4. The largest absolute Gasteiger partial charge is 0.466 e. The highest BCUT2D eigenvalue weighted by molar-refractivity contribution is 5.88. The van der Waals surface area contributed by atoms with Gasteiger partial charge in [0, 0.05) is 19.6 Å². The molecule has 0 unspecified atom stereocenters. The van der Waals surface area contributed by atoms with Gasteiger partial charge in [0.25, 0.3) is 5.66 Å². The zero-order valence-electron chi connectivity index (χ0n) is 15.7. The van der Waals surface area contributed by atoms with Gasteiger partial charge in [0.15, 0.2) is 0 Å². The number of hydrogen-bond acceptors (Lipinski definition) is 5. The Morgan fingerprint density at radius 1 is 1.11 bits per heavy atom. The summed E-state index contributed by atoms with van der Waals surface area (Å²) in [5, 5.41) is 4.06. The van der Waals surface area contributed by atoms with Gasteiger partial charge in [0.05, 0.1) is 13.2 Å². The van der Waals surface area contributed by atoms with Gasteiger partial charge in [-0.2, -0.15) is 13.2 Å². The first-order chi connectivity index (χ1) is 12.8. The van der Waals surface area contributed by atoms with Crippen LogP contribution in [0.15, 0.2) is 0 Å². The van der Waals surface area contributed by atoms with Crippen molar-refractivity contribution in [1.82, 2.24) is 10.6 Å². The van der Waals surface area contributed by atoms with Crippen LogP contribution in [-0.2, 0) is 19.1 Å². The van der Waals surface area contributed by atoms with E-state index in [9.17, 15) is 22.8 Å². The lowest BCUT2D eigenvalue weighted by Gasteiger charge is -2.35. The summed E-state index contributed by atoms with van der Waals surface area (Å²) in [6.45, 7) is 0.259. The molecule has 0 spiro atoms. The first-order valence-corrected chi connectivity index (χ1v) is 9.61. The molecule has 1 amide bonds. The fourth-order valence-electron chi connectivity index (χ4n) is 3.76. The van der Waals surface area contributed by atoms with E-state index >= 15 is 0 Å². The lowest BCUT2D eigenvalue weighted by molar-refractivity contribution is -0.221. The van der Waals surface area contributed by atoms with E-state index in [0.29, 0.717) is 25.4 Å². The van der Waals surface area contributed by atoms with Gasteiger partial charge in [0.2, 0.25) is 5.91 Å². The monoisotopic (exact) mass is 394 g/mol. The van der Waals surface area contributed by atoms with Crippen molar-refractivity contribution in [2.75, 3.05) is 20.3 Å². The van der Waals surface area contributed by atoms with E-state index in [1.807, 2.05) is 5.32 Å². The zero-order chi connectivity index (χ0) is 19.9. The third-order valence-electron chi connectivity index (χ3n) is 5.37. The number of rotatable bonds is 8. The first-order valence-electron chi connectivity index (χ1n) is 9.61. The normalized spacial score (nSPS) is 23.6. The summed E-state index contributed by atoms with van der Waals surface area (Å²) in [6, 6.07) is 0. The number of halogens is 3. The molecule has 1 saturated heterocycles. The molecule has 0 bridgehead atoms. The Labute approximate surface area is 157 Å². The van der Waals surface area contributed by atoms with Crippen LogP contribution in [0.25, 0.3) is 0 Å². The van der Waals surface area contributed by atoms with Gasteiger partial charge in [-0.05, 0) is 25.2 Å². The molecular weight excluding hydrogens is 365 g/mol. The molecule has 9 heteroatoms. The van der Waals surface area contributed by atoms with Crippen LogP contribution in [-0.4, -0.2) is 50.1 Å². The lowest BCUT2D eigenvalue weighted by atomic mass is 9.86. The van der Waals surface area contributed by atoms with Crippen LogP contribution in [0, 0.1) is 5.92 Å². The third kappa shape index (κ3) is 5.81. The van der Waals surface area contributed by atoms with Crippen LogP contribution < -0.4 is 10.6 Å². The van der Waals surface area contributed by atoms with E-state index in [0.717, 1.165) is 45.6 Å². The maximum absolute atomic E-state index is 13.8. The van der Waals surface area contributed by atoms with Crippen molar-refractivity contribution in [3.8, 4) is 0 Å². The summed E-state index contributed by atoms with van der Waals surface area (Å²) in [5.74, 6) is -2.05. The fraction of sp³-hybridized carbons (Fsp3) is 0.889. The Hall–Kier alpha value is -1.35. The molecule has 0 aromatic carbocycles. The van der Waals surface area contributed by atoms with Crippen LogP contribution >= 0.6 is 0 Å². The number of methoxy groups -OCH3 is 1. The van der Waals surface area contributed by atoms with E-state index in [4.69, 9.17) is 4.74 Å². The molecule has 0 radical (unpaired) electrons. The second kappa shape index (κ2) is 9.73. The molecule has 2 N–H and O–H groups in total. The Bertz CT molecular complexity index is 503. The molecule has 2 atom stereocenters. The fourth-order valence-corrected chi connectivity index (χ4v) is 3.76. The van der Waals surface area contributed by atoms with Crippen LogP contribution in [0.4, 0.5) is 13.2 Å². The molecule has 0 aromatic heterocycles. The summed E-state index contributed by atoms with van der Waals surface area (Å²) >= 11 is 0. The Morgan fingerprint density at radius 2 is 1.81 bits per heavy atom. The molecule has 1 saturated carbocycles. The average Bonchev–Trinajstić information content (AvgIpc) is 3.16. The number of alkyl halides is 3. The Morgan fingerprint density at radius 3 is 2.37 bits per heavy atom. The van der Waals surface area contributed by atoms with Crippen molar-refractivity contribution in [2.45, 2.75) is 75.7 Å². The predicted octanol–water partition coefficient (Wildman–Crippen LogP) is 2.66. The molecular formula is C18H29F3N2O4. The van der Waals surface area contributed by atoms with Crippen molar-refractivity contribution in [3.05, 3.63) is 0 Å². The number of ether oxygens (including phenoxy) is 2. The molecule has 2 fully saturated rings. The van der Waals surface area contributed by atoms with Gasteiger partial charge >= 0.3 is 12.1 Å². The molecule has 1 heterocycles. The average molecular weight is 394 g/mol. The van der Waals surface area contributed by atoms with E-state index in [1.165, 1.54) is 0 Å². The van der Waals surface area contributed by atoms with Crippen molar-refractivity contribution < 1.29 is 32.2 Å². The summed E-state index contributed by atoms with van der Waals surface area (Å²) in [5.41, 5.74) is -3.27. The SMILES string of the molecule is COC(=O)[C@](NC[C@H]1CCCO1)(NC(=O)CCC1CCCCC1)C(F)(F)F. The molecule has 0 aromatic rings. The van der Waals surface area contributed by atoms with E-state index in [2.05, 4.69) is 10.1 Å². The second-order valence-corrected chi connectivity index (χ2v) is 7.35. The maximum atomic E-state index is 13.8. The number of carbonyl (C=O) groups excluding carboxylic acids is 2. The van der Waals surface area contributed by atoms with Gasteiger partial charge < -0.3 is 14.8 Å². The van der Waals surface area contributed by atoms with Gasteiger partial charge in [-0.15, -0.1) is 0 Å². The predicted molar refractivity (Wildman–Crippen MR) is 91.7 cm³/mol. The second-order valence-electron chi connectivity index (χ2n) is 7.35. The van der Waals surface area contributed by atoms with Crippen molar-refractivity contribution in [3.63, 3.8) is 0 Å². The van der Waals surface area contributed by atoms with Crippen molar-refractivity contribution >= 4 is 11.9 Å². The number of esters is 1. The van der Waals surface area contributed by atoms with Crippen molar-refractivity contribution in [1.29, 1.82) is 0 Å². The van der Waals surface area contributed by atoms with Crippen LogP contribution in [0.2, 0.25) is 0 Å². The summed E-state index contributed by atoms with van der Waals surface area (Å²) in [6.07, 6.45) is 1.64. The Kier molecular flexibility index (Phi) is 7.91. The van der Waals surface area contributed by atoms with E-state index < -0.39 is 29.8 Å². The third-order valence-corrected chi connectivity index (χ3v) is 5.37. The summed E-state index contributed by atoms with van der Waals surface area (Å²) in [4.78, 5) is 24.3. The molecule has 1 aliphatic carbocycles. The van der Waals surface area contributed by atoms with Crippen LogP contribution in [0.3, 0.4) is 0 Å². The van der Waals surface area contributed by atoms with Gasteiger partial charge in [0.1, 0.15) is 0 Å². The molecule has 156 valence electrons. The standard InChI is InChI=1S/C18H29F3N2O4/c1-26-16(25)17(18(19,20)21,22-12-14-8-5-11-27-14)23-15(24)10-9-13-6-3-2-4-7-13/h13-14,22H,2-12H2,1H3,(H,23,24)/t14-,17+/m1/s1. The minimum atomic E-state index is -5.06. The summed E-state index contributed by atoms with van der Waals surface area (Å²) < 4.78 is 51.2. The smallest absolute Gasteiger partial charge is 0.436 e. The van der Waals surface area contributed by atoms with E-state index in [-0.39, 0.29) is 13.0 Å². The molecule has 2 rings (SSSR count). The van der Waals surface area contributed by atoms with Gasteiger partial charge in [-0.1, -0.05) is 32.1 Å². The first kappa shape index (κ1) is 21.9. The molecule has 1 aliphatic heterocycles. The Balaban J connectivity index is 2.04. The topological polar surface area (TPSA) is 76.7 Å². The number of amides is 1.